The van der Waals surface area contributed by atoms with E-state index in [-0.39, 0.29) is 5.56 Å². The third-order valence-corrected chi connectivity index (χ3v) is 3.86. The number of fused-ring (bicyclic) bond motifs is 1. The maximum atomic E-state index is 11.7. The molecule has 0 saturated heterocycles. The molecule has 0 aliphatic heterocycles. The van der Waals surface area contributed by atoms with Crippen LogP contribution in [0.25, 0.3) is 10.9 Å². The molecule has 1 aliphatic carbocycles. The van der Waals surface area contributed by atoms with Crippen LogP contribution in [0.1, 0.15) is 37.7 Å². The molecule has 0 radical (unpaired) electrons. The van der Waals surface area contributed by atoms with Crippen molar-refractivity contribution in [3.63, 3.8) is 0 Å². The van der Waals surface area contributed by atoms with E-state index in [0.717, 1.165) is 31.2 Å². The molecule has 94 valence electrons. The number of hydrogen-bond donors (Lipinski definition) is 2. The van der Waals surface area contributed by atoms with E-state index in [1.165, 1.54) is 12.7 Å². The third-order valence-electron chi connectivity index (χ3n) is 3.86. The molecule has 4 nitrogen and oxygen atoms in total. The Bertz CT molecular complexity index is 627. The van der Waals surface area contributed by atoms with E-state index in [1.54, 1.807) is 6.07 Å². The van der Waals surface area contributed by atoms with Gasteiger partial charge in [0.25, 0.3) is 5.56 Å². The van der Waals surface area contributed by atoms with Gasteiger partial charge in [-0.1, -0.05) is 25.3 Å². The maximum Gasteiger partial charge on any atom is 0.258 e. The van der Waals surface area contributed by atoms with Crippen molar-refractivity contribution in [2.75, 3.05) is 0 Å². The van der Waals surface area contributed by atoms with Gasteiger partial charge in [-0.15, -0.1) is 0 Å². The van der Waals surface area contributed by atoms with Gasteiger partial charge in [0.15, 0.2) is 0 Å². The summed E-state index contributed by atoms with van der Waals surface area (Å²) in [4.78, 5) is 18.4. The van der Waals surface area contributed by atoms with Crippen molar-refractivity contribution in [2.24, 2.45) is 0 Å². The lowest BCUT2D eigenvalue weighted by molar-refractivity contribution is -0.000512. The normalized spacial score (nSPS) is 18.9. The molecule has 1 heterocycles. The van der Waals surface area contributed by atoms with Gasteiger partial charge >= 0.3 is 0 Å². The van der Waals surface area contributed by atoms with Crippen LogP contribution in [0.2, 0.25) is 0 Å². The van der Waals surface area contributed by atoms with Gasteiger partial charge in [-0.3, -0.25) is 4.79 Å². The van der Waals surface area contributed by atoms with Crippen molar-refractivity contribution in [3.05, 3.63) is 40.4 Å². The molecule has 4 heteroatoms. The molecule has 2 N–H and O–H groups in total. The number of H-pyrrole nitrogens is 1. The number of rotatable bonds is 1. The Morgan fingerprint density at radius 3 is 2.78 bits per heavy atom. The molecule has 3 rings (SSSR count). The van der Waals surface area contributed by atoms with Gasteiger partial charge in [0.2, 0.25) is 0 Å². The lowest BCUT2D eigenvalue weighted by Gasteiger charge is -2.32. The van der Waals surface area contributed by atoms with Crippen LogP contribution in [0.5, 0.6) is 0 Å². The molecule has 1 aromatic heterocycles. The van der Waals surface area contributed by atoms with Crippen molar-refractivity contribution in [2.45, 2.75) is 37.7 Å². The highest BCUT2D eigenvalue weighted by Crippen LogP contribution is 2.37. The standard InChI is InChI=1S/C14H16N2O2/c17-13-11-8-10(4-5-12(11)15-9-16-13)14(18)6-2-1-3-7-14/h4-5,8-9,18H,1-3,6-7H2,(H,15,16,17). The minimum atomic E-state index is -0.769. The number of nitrogens with one attached hydrogen (secondary N) is 1. The first kappa shape index (κ1) is 11.4. The first-order valence-corrected chi connectivity index (χ1v) is 6.39. The van der Waals surface area contributed by atoms with Crippen molar-refractivity contribution in [3.8, 4) is 0 Å². The fraction of sp³-hybridized carbons (Fsp3) is 0.429. The summed E-state index contributed by atoms with van der Waals surface area (Å²) in [5.74, 6) is 0. The molecule has 18 heavy (non-hydrogen) atoms. The Hall–Kier alpha value is -1.68. The van der Waals surface area contributed by atoms with Crippen molar-refractivity contribution < 1.29 is 5.11 Å². The molecule has 1 aromatic carbocycles. The summed E-state index contributed by atoms with van der Waals surface area (Å²) < 4.78 is 0. The molecular formula is C14H16N2O2. The highest BCUT2D eigenvalue weighted by molar-refractivity contribution is 5.78. The van der Waals surface area contributed by atoms with Crippen LogP contribution in [0.4, 0.5) is 0 Å². The summed E-state index contributed by atoms with van der Waals surface area (Å²) in [6, 6.07) is 5.49. The molecule has 2 aromatic rings. The Morgan fingerprint density at radius 1 is 1.22 bits per heavy atom. The summed E-state index contributed by atoms with van der Waals surface area (Å²) in [6.07, 6.45) is 6.21. The average molecular weight is 244 g/mol. The summed E-state index contributed by atoms with van der Waals surface area (Å²) in [5, 5.41) is 11.2. The first-order valence-electron chi connectivity index (χ1n) is 6.39. The predicted octanol–water partition coefficient (Wildman–Crippen LogP) is 2.07. The van der Waals surface area contributed by atoms with E-state index in [9.17, 15) is 9.90 Å². The van der Waals surface area contributed by atoms with Crippen LogP contribution in [0, 0.1) is 0 Å². The van der Waals surface area contributed by atoms with Gasteiger partial charge in [-0.05, 0) is 30.5 Å². The Labute approximate surface area is 105 Å². The summed E-state index contributed by atoms with van der Waals surface area (Å²) >= 11 is 0. The topological polar surface area (TPSA) is 66.0 Å². The number of aliphatic hydroxyl groups is 1. The Morgan fingerprint density at radius 2 is 2.00 bits per heavy atom. The second kappa shape index (κ2) is 4.21. The molecule has 1 fully saturated rings. The van der Waals surface area contributed by atoms with Gasteiger partial charge in [-0.25, -0.2) is 4.98 Å². The number of benzene rings is 1. The average Bonchev–Trinajstić information content (AvgIpc) is 2.40. The fourth-order valence-electron chi connectivity index (χ4n) is 2.78. The molecule has 0 bridgehead atoms. The zero-order valence-electron chi connectivity index (χ0n) is 10.1. The zero-order valence-corrected chi connectivity index (χ0v) is 10.1. The molecule has 1 aliphatic rings. The largest absolute Gasteiger partial charge is 0.385 e. The molecule has 0 atom stereocenters. The van der Waals surface area contributed by atoms with Crippen LogP contribution in [0.3, 0.4) is 0 Å². The molecule has 0 unspecified atom stereocenters. The van der Waals surface area contributed by atoms with Crippen LogP contribution in [-0.4, -0.2) is 15.1 Å². The van der Waals surface area contributed by atoms with Crippen LogP contribution < -0.4 is 5.56 Å². The van der Waals surface area contributed by atoms with E-state index in [4.69, 9.17) is 0 Å². The summed E-state index contributed by atoms with van der Waals surface area (Å²) in [5.41, 5.74) is 0.589. The highest BCUT2D eigenvalue weighted by atomic mass is 16.3. The number of nitrogens with zero attached hydrogens (tertiary/aromatic N) is 1. The second-order valence-electron chi connectivity index (χ2n) is 5.06. The predicted molar refractivity (Wildman–Crippen MR) is 69.3 cm³/mol. The van der Waals surface area contributed by atoms with Gasteiger partial charge in [-0.2, -0.15) is 0 Å². The molecular weight excluding hydrogens is 228 g/mol. The highest BCUT2D eigenvalue weighted by Gasteiger charge is 2.31. The van der Waals surface area contributed by atoms with Crippen LogP contribution >= 0.6 is 0 Å². The zero-order chi connectivity index (χ0) is 12.6. The van der Waals surface area contributed by atoms with Gasteiger partial charge < -0.3 is 10.1 Å². The van der Waals surface area contributed by atoms with E-state index in [2.05, 4.69) is 9.97 Å². The maximum absolute atomic E-state index is 11.7. The third kappa shape index (κ3) is 1.82. The van der Waals surface area contributed by atoms with Crippen molar-refractivity contribution in [1.82, 2.24) is 9.97 Å². The van der Waals surface area contributed by atoms with Crippen LogP contribution in [0.15, 0.2) is 29.3 Å². The van der Waals surface area contributed by atoms with Gasteiger partial charge in [0.1, 0.15) is 0 Å². The first-order chi connectivity index (χ1) is 8.69. The Kier molecular flexibility index (Phi) is 2.67. The molecule has 0 amide bonds. The van der Waals surface area contributed by atoms with Crippen LogP contribution in [-0.2, 0) is 5.60 Å². The van der Waals surface area contributed by atoms with Gasteiger partial charge in [0.05, 0.1) is 22.8 Å². The lowest BCUT2D eigenvalue weighted by atomic mass is 9.79. The van der Waals surface area contributed by atoms with E-state index >= 15 is 0 Å². The smallest absolute Gasteiger partial charge is 0.258 e. The van der Waals surface area contributed by atoms with Gasteiger partial charge in [0, 0.05) is 0 Å². The second-order valence-corrected chi connectivity index (χ2v) is 5.06. The Balaban J connectivity index is 2.13. The van der Waals surface area contributed by atoms with E-state index in [0.29, 0.717) is 10.9 Å². The molecule has 1 saturated carbocycles. The number of aromatic amines is 1. The fourth-order valence-corrected chi connectivity index (χ4v) is 2.78. The number of hydrogen-bond acceptors (Lipinski definition) is 3. The molecule has 0 spiro atoms. The minimum absolute atomic E-state index is 0.152. The number of aromatic nitrogens is 2. The van der Waals surface area contributed by atoms with E-state index < -0.39 is 5.60 Å². The summed E-state index contributed by atoms with van der Waals surface area (Å²) in [6.45, 7) is 0. The SMILES string of the molecule is O=c1[nH]cnc2ccc(C3(O)CCCCC3)cc12. The summed E-state index contributed by atoms with van der Waals surface area (Å²) in [7, 11) is 0. The lowest BCUT2D eigenvalue weighted by Crippen LogP contribution is -2.28. The van der Waals surface area contributed by atoms with Crippen molar-refractivity contribution >= 4 is 10.9 Å². The quantitative estimate of drug-likeness (QED) is 0.807. The van der Waals surface area contributed by atoms with E-state index in [1.807, 2.05) is 12.1 Å². The monoisotopic (exact) mass is 244 g/mol. The van der Waals surface area contributed by atoms with Crippen molar-refractivity contribution in [1.29, 1.82) is 0 Å². The minimum Gasteiger partial charge on any atom is -0.385 e.